The van der Waals surface area contributed by atoms with Crippen molar-refractivity contribution in [1.82, 2.24) is 0 Å². The number of nitrogens with one attached hydrogen (secondary N) is 1. The molecule has 0 bridgehead atoms. The van der Waals surface area contributed by atoms with Crippen molar-refractivity contribution < 1.29 is 29.6 Å². The molecule has 1 aromatic rings. The lowest BCUT2D eigenvalue weighted by Gasteiger charge is -2.10. The number of anilines is 1. The van der Waals surface area contributed by atoms with Crippen molar-refractivity contribution >= 4 is 35.6 Å². The highest BCUT2D eigenvalue weighted by atomic mass is 32.3. The molecule has 0 saturated carbocycles. The first-order chi connectivity index (χ1) is 8.80. The maximum atomic E-state index is 13.1. The van der Waals surface area contributed by atoms with E-state index in [0.29, 0.717) is 12.3 Å². The first-order valence-electron chi connectivity index (χ1n) is 4.81. The summed E-state index contributed by atoms with van der Waals surface area (Å²) in [5.41, 5.74) is -0.656. The molecule has 0 saturated heterocycles. The van der Waals surface area contributed by atoms with Gasteiger partial charge in [-0.15, -0.1) is 0 Å². The molecule has 0 spiro atoms. The van der Waals surface area contributed by atoms with Crippen molar-refractivity contribution in [3.05, 3.63) is 24.0 Å². The molecule has 0 aliphatic rings. The Hall–Kier alpha value is -1.24. The van der Waals surface area contributed by atoms with Crippen LogP contribution in [-0.4, -0.2) is 36.6 Å². The second-order valence-corrected chi connectivity index (χ2v) is 9.70. The summed E-state index contributed by atoms with van der Waals surface area (Å²) in [5.74, 6) is -0.922. The van der Waals surface area contributed by atoms with E-state index in [4.69, 9.17) is 5.14 Å². The topological polar surface area (TPSA) is 140 Å². The maximum absolute atomic E-state index is 13.1. The van der Waals surface area contributed by atoms with E-state index >= 15 is 0 Å². The fourth-order valence-electron chi connectivity index (χ4n) is 1.31. The van der Waals surface area contributed by atoms with Crippen molar-refractivity contribution in [2.75, 3.05) is 16.1 Å². The fourth-order valence-corrected chi connectivity index (χ4v) is 5.04. The van der Waals surface area contributed by atoms with Gasteiger partial charge in [0.2, 0.25) is 20.0 Å². The zero-order chi connectivity index (χ0) is 15.8. The predicted molar refractivity (Wildman–Crippen MR) is 70.0 cm³/mol. The van der Waals surface area contributed by atoms with Crippen LogP contribution in [0.4, 0.5) is 10.1 Å². The second-order valence-electron chi connectivity index (χ2n) is 3.95. The van der Waals surface area contributed by atoms with E-state index in [-0.39, 0.29) is 0 Å². The smallest absolute Gasteiger partial charge is 0.247 e. The van der Waals surface area contributed by atoms with Gasteiger partial charge in [0.05, 0.1) is 5.69 Å². The number of sulfone groups is 1. The highest BCUT2D eigenvalue weighted by Gasteiger charge is 2.22. The third-order valence-corrected chi connectivity index (χ3v) is 6.34. The van der Waals surface area contributed by atoms with Crippen LogP contribution in [0.2, 0.25) is 0 Å². The zero-order valence-corrected chi connectivity index (χ0v) is 12.5. The number of nitrogens with two attached hydrogens (primary N) is 1. The Kier molecular flexibility index (Phi) is 4.43. The third-order valence-electron chi connectivity index (χ3n) is 1.88. The van der Waals surface area contributed by atoms with Crippen LogP contribution in [0.3, 0.4) is 0 Å². The number of benzene rings is 1. The maximum Gasteiger partial charge on any atom is 0.247 e. The minimum Gasteiger partial charge on any atom is -0.281 e. The number of primary sulfonamides is 1. The summed E-state index contributed by atoms with van der Waals surface area (Å²) >= 11 is 0. The van der Waals surface area contributed by atoms with Gasteiger partial charge in [-0.3, -0.25) is 4.72 Å². The van der Waals surface area contributed by atoms with Crippen molar-refractivity contribution in [3.63, 3.8) is 0 Å². The van der Waals surface area contributed by atoms with Crippen LogP contribution in [0.15, 0.2) is 23.1 Å². The Bertz CT molecular complexity index is 829. The van der Waals surface area contributed by atoms with Gasteiger partial charge in [-0.1, -0.05) is 0 Å². The predicted octanol–water partition coefficient (Wildman–Crippen LogP) is -0.783. The van der Waals surface area contributed by atoms with Gasteiger partial charge in [-0.05, 0) is 18.2 Å². The van der Waals surface area contributed by atoms with Gasteiger partial charge in [-0.2, -0.15) is 0 Å². The molecule has 0 atom stereocenters. The molecule has 114 valence electrons. The molecule has 20 heavy (non-hydrogen) atoms. The van der Waals surface area contributed by atoms with Crippen LogP contribution in [0.25, 0.3) is 0 Å². The lowest BCUT2D eigenvalue weighted by molar-refractivity contribution is 0.594. The van der Waals surface area contributed by atoms with Gasteiger partial charge in [0, 0.05) is 6.26 Å². The summed E-state index contributed by atoms with van der Waals surface area (Å²) in [7, 11) is -12.6. The molecule has 0 aromatic heterocycles. The zero-order valence-electron chi connectivity index (χ0n) is 10.1. The second kappa shape index (κ2) is 5.27. The molecule has 8 nitrogen and oxygen atoms in total. The number of hydrogen-bond acceptors (Lipinski definition) is 6. The highest BCUT2D eigenvalue weighted by Crippen LogP contribution is 2.22. The quantitative estimate of drug-likeness (QED) is 0.716. The minimum atomic E-state index is -4.42. The van der Waals surface area contributed by atoms with Crippen molar-refractivity contribution in [2.45, 2.75) is 4.90 Å². The molecule has 0 aliphatic heterocycles. The molecule has 0 aliphatic carbocycles. The van der Waals surface area contributed by atoms with Crippen molar-refractivity contribution in [3.8, 4) is 0 Å². The normalized spacial score (nSPS) is 13.2. The van der Waals surface area contributed by atoms with Crippen LogP contribution in [0.5, 0.6) is 0 Å². The Labute approximate surface area is 115 Å². The molecule has 0 radical (unpaired) electrons. The first kappa shape index (κ1) is 16.8. The monoisotopic (exact) mass is 346 g/mol. The van der Waals surface area contributed by atoms with Crippen LogP contribution < -0.4 is 9.86 Å². The molecule has 3 N–H and O–H groups in total. The van der Waals surface area contributed by atoms with Gasteiger partial charge in [-0.25, -0.2) is 34.8 Å². The van der Waals surface area contributed by atoms with Crippen LogP contribution in [0, 0.1) is 5.82 Å². The lowest BCUT2D eigenvalue weighted by atomic mass is 10.3. The van der Waals surface area contributed by atoms with E-state index in [9.17, 15) is 29.6 Å². The lowest BCUT2D eigenvalue weighted by Crippen LogP contribution is -2.24. The molecular formula is C8H11FN2O6S3. The van der Waals surface area contributed by atoms with Gasteiger partial charge in [0.25, 0.3) is 0 Å². The number of sulfonamides is 2. The molecule has 0 fully saturated rings. The van der Waals surface area contributed by atoms with Gasteiger partial charge in [0.1, 0.15) is 10.7 Å². The summed E-state index contributed by atoms with van der Waals surface area (Å²) in [6.45, 7) is 0. The van der Waals surface area contributed by atoms with Gasteiger partial charge in [0.15, 0.2) is 14.9 Å². The van der Waals surface area contributed by atoms with E-state index in [1.54, 1.807) is 4.72 Å². The van der Waals surface area contributed by atoms with Crippen LogP contribution in [-0.2, 0) is 29.9 Å². The van der Waals surface area contributed by atoms with Crippen LogP contribution in [0.1, 0.15) is 0 Å². The van der Waals surface area contributed by atoms with Gasteiger partial charge >= 0.3 is 0 Å². The summed E-state index contributed by atoms with van der Waals surface area (Å²) in [4.78, 5) is -0.670. The number of rotatable bonds is 5. The van der Waals surface area contributed by atoms with E-state index in [2.05, 4.69) is 0 Å². The Balaban J connectivity index is 3.32. The molecule has 12 heteroatoms. The largest absolute Gasteiger partial charge is 0.281 e. The number of hydrogen-bond donors (Lipinski definition) is 2. The number of halogens is 1. The minimum absolute atomic E-state index is 0.583. The van der Waals surface area contributed by atoms with Gasteiger partial charge < -0.3 is 0 Å². The van der Waals surface area contributed by atoms with E-state index in [1.165, 1.54) is 0 Å². The van der Waals surface area contributed by atoms with Crippen molar-refractivity contribution in [1.29, 1.82) is 0 Å². The van der Waals surface area contributed by atoms with Crippen LogP contribution >= 0.6 is 0 Å². The van der Waals surface area contributed by atoms with E-state index in [1.807, 2.05) is 0 Å². The molecule has 1 aromatic carbocycles. The molecule has 0 unspecified atom stereocenters. The molecule has 1 rings (SSSR count). The Morgan fingerprint density at radius 1 is 1.15 bits per heavy atom. The van der Waals surface area contributed by atoms with Crippen molar-refractivity contribution in [2.24, 2.45) is 5.14 Å². The fraction of sp³-hybridized carbons (Fsp3) is 0.250. The van der Waals surface area contributed by atoms with E-state index < -0.39 is 51.4 Å². The average molecular weight is 346 g/mol. The molecule has 0 heterocycles. The summed E-state index contributed by atoms with van der Waals surface area (Å²) in [6, 6.07) is 2.12. The molecule has 0 amide bonds. The highest BCUT2D eigenvalue weighted by molar-refractivity contribution is 8.08. The summed E-state index contributed by atoms with van der Waals surface area (Å²) < 4.78 is 82.2. The Morgan fingerprint density at radius 3 is 2.15 bits per heavy atom. The van der Waals surface area contributed by atoms with E-state index in [0.717, 1.165) is 12.1 Å². The average Bonchev–Trinajstić information content (AvgIpc) is 2.09. The first-order valence-corrected chi connectivity index (χ1v) is 10.1. The third kappa shape index (κ3) is 5.03. The SMILES string of the molecule is CS(=O)(=O)CS(=O)(=O)Nc1cc(F)ccc1S(N)(=O)=O. The molecular weight excluding hydrogens is 335 g/mol. The summed E-state index contributed by atoms with van der Waals surface area (Å²) in [5, 5.41) is 3.57. The Morgan fingerprint density at radius 2 is 1.70 bits per heavy atom. The summed E-state index contributed by atoms with van der Waals surface area (Å²) in [6.07, 6.45) is 0.679. The standard InChI is InChI=1S/C8H11FN2O6S3/c1-18(12,13)5-19(14,15)11-7-4-6(9)2-3-8(7)20(10,16)17/h2-4,11H,5H2,1H3,(H2,10,16,17).